The standard InChI is InChI=1S/C26H30N4O5/c31-23-9-10-30-22-4-2-1-3-21(22)28-25(30)24(23)26(32)27-19-5-7-20(8-6-19)35-18-17-34-16-13-29-11-14-33-15-12-29/h1-8,31H,9-18H2,(H,27,32). The van der Waals surface area contributed by atoms with E-state index in [0.29, 0.717) is 50.0 Å². The van der Waals surface area contributed by atoms with Crippen LogP contribution >= 0.6 is 0 Å². The van der Waals surface area contributed by atoms with E-state index >= 15 is 0 Å². The zero-order valence-electron chi connectivity index (χ0n) is 19.6. The number of allylic oxidation sites excluding steroid dienone is 1. The minimum absolute atomic E-state index is 0.0545. The van der Waals surface area contributed by atoms with Crippen LogP contribution in [0.15, 0.2) is 54.3 Å². The van der Waals surface area contributed by atoms with E-state index in [1.807, 2.05) is 28.8 Å². The number of morpholine rings is 1. The number of benzene rings is 2. The lowest BCUT2D eigenvalue weighted by molar-refractivity contribution is -0.111. The van der Waals surface area contributed by atoms with E-state index in [4.69, 9.17) is 14.2 Å². The van der Waals surface area contributed by atoms with Crippen LogP contribution in [0.25, 0.3) is 16.6 Å². The maximum absolute atomic E-state index is 13.0. The van der Waals surface area contributed by atoms with Gasteiger partial charge < -0.3 is 29.2 Å². The molecule has 1 amide bonds. The number of rotatable bonds is 9. The van der Waals surface area contributed by atoms with Crippen molar-refractivity contribution in [2.75, 3.05) is 58.0 Å². The van der Waals surface area contributed by atoms with Gasteiger partial charge in [0, 0.05) is 38.3 Å². The molecule has 0 aliphatic carbocycles. The second-order valence-electron chi connectivity index (χ2n) is 8.54. The molecule has 0 atom stereocenters. The molecule has 9 heteroatoms. The first kappa shape index (κ1) is 23.3. The van der Waals surface area contributed by atoms with Crippen molar-refractivity contribution in [1.29, 1.82) is 0 Å². The van der Waals surface area contributed by atoms with Gasteiger partial charge in [-0.3, -0.25) is 9.69 Å². The third kappa shape index (κ3) is 5.48. The quantitative estimate of drug-likeness (QED) is 0.456. The third-order valence-electron chi connectivity index (χ3n) is 6.23. The first-order chi connectivity index (χ1) is 17.2. The Hall–Kier alpha value is -3.40. The summed E-state index contributed by atoms with van der Waals surface area (Å²) in [5.41, 5.74) is 2.57. The molecule has 0 saturated carbocycles. The lowest BCUT2D eigenvalue weighted by Crippen LogP contribution is -2.38. The number of carbonyl (C=O) groups excluding carboxylic acids is 1. The normalized spacial score (nSPS) is 16.3. The molecular weight excluding hydrogens is 448 g/mol. The average molecular weight is 479 g/mol. The summed E-state index contributed by atoms with van der Waals surface area (Å²) in [6, 6.07) is 14.9. The third-order valence-corrected chi connectivity index (χ3v) is 6.23. The number of imidazole rings is 1. The van der Waals surface area contributed by atoms with Gasteiger partial charge in [-0.2, -0.15) is 0 Å². The highest BCUT2D eigenvalue weighted by molar-refractivity contribution is 6.25. The molecule has 2 aliphatic rings. The molecule has 0 bridgehead atoms. The zero-order chi connectivity index (χ0) is 24.0. The van der Waals surface area contributed by atoms with Gasteiger partial charge in [-0.05, 0) is 36.4 Å². The maximum atomic E-state index is 13.0. The van der Waals surface area contributed by atoms with Crippen LogP contribution in [0.1, 0.15) is 12.2 Å². The van der Waals surface area contributed by atoms with Crippen LogP contribution in [0.4, 0.5) is 5.69 Å². The van der Waals surface area contributed by atoms with E-state index in [1.54, 1.807) is 24.3 Å². The van der Waals surface area contributed by atoms with Crippen LogP contribution in [0.3, 0.4) is 0 Å². The molecule has 2 aliphatic heterocycles. The van der Waals surface area contributed by atoms with Crippen molar-refractivity contribution in [3.8, 4) is 5.75 Å². The van der Waals surface area contributed by atoms with Crippen molar-refractivity contribution in [3.05, 3.63) is 60.1 Å². The van der Waals surface area contributed by atoms with Gasteiger partial charge in [-0.15, -0.1) is 0 Å². The van der Waals surface area contributed by atoms with Gasteiger partial charge in [0.25, 0.3) is 5.91 Å². The number of carbonyl (C=O) groups is 1. The van der Waals surface area contributed by atoms with Crippen LogP contribution in [0, 0.1) is 0 Å². The molecule has 0 radical (unpaired) electrons. The second kappa shape index (κ2) is 10.9. The van der Waals surface area contributed by atoms with Gasteiger partial charge in [0.2, 0.25) is 0 Å². The molecule has 0 spiro atoms. The Morgan fingerprint density at radius 2 is 1.83 bits per heavy atom. The van der Waals surface area contributed by atoms with E-state index < -0.39 is 0 Å². The molecule has 1 fully saturated rings. The van der Waals surface area contributed by atoms with Crippen LogP contribution < -0.4 is 10.1 Å². The van der Waals surface area contributed by atoms with Crippen molar-refractivity contribution in [1.82, 2.24) is 14.5 Å². The lowest BCUT2D eigenvalue weighted by Gasteiger charge is -2.26. The number of nitrogens with zero attached hydrogens (tertiary/aromatic N) is 3. The number of nitrogens with one attached hydrogen (secondary N) is 1. The first-order valence-corrected chi connectivity index (χ1v) is 12.0. The van der Waals surface area contributed by atoms with Gasteiger partial charge >= 0.3 is 0 Å². The fraction of sp³-hybridized carbons (Fsp3) is 0.385. The Morgan fingerprint density at radius 3 is 2.66 bits per heavy atom. The first-order valence-electron chi connectivity index (χ1n) is 12.0. The van der Waals surface area contributed by atoms with Crippen molar-refractivity contribution in [2.24, 2.45) is 0 Å². The summed E-state index contributed by atoms with van der Waals surface area (Å²) < 4.78 is 18.7. The molecular formula is C26H30N4O5. The molecule has 0 unspecified atom stereocenters. The minimum Gasteiger partial charge on any atom is -0.511 e. The van der Waals surface area contributed by atoms with Gasteiger partial charge in [0.05, 0.1) is 37.5 Å². The second-order valence-corrected chi connectivity index (χ2v) is 8.54. The number of aryl methyl sites for hydroxylation is 1. The number of amides is 1. The SMILES string of the molecule is O=C(Nc1ccc(OCCOCCN2CCOCC2)cc1)C1=C(O)CCn2c1nc1ccccc12. The summed E-state index contributed by atoms with van der Waals surface area (Å²) in [6.45, 7) is 6.62. The summed E-state index contributed by atoms with van der Waals surface area (Å²) >= 11 is 0. The number of hydrogen-bond acceptors (Lipinski definition) is 7. The predicted octanol–water partition coefficient (Wildman–Crippen LogP) is 3.08. The van der Waals surface area contributed by atoms with E-state index in [0.717, 1.165) is 43.9 Å². The summed E-state index contributed by atoms with van der Waals surface area (Å²) in [5.74, 6) is 0.849. The minimum atomic E-state index is -0.388. The summed E-state index contributed by atoms with van der Waals surface area (Å²) in [7, 11) is 0. The number of para-hydroxylation sites is 2. The van der Waals surface area contributed by atoms with Gasteiger partial charge in [0.1, 0.15) is 29.5 Å². The number of aliphatic hydroxyl groups is 1. The van der Waals surface area contributed by atoms with Crippen LogP contribution in [-0.4, -0.2) is 78.1 Å². The monoisotopic (exact) mass is 478 g/mol. The Labute approximate surface area is 203 Å². The topological polar surface area (TPSA) is 98.1 Å². The highest BCUT2D eigenvalue weighted by atomic mass is 16.5. The Morgan fingerprint density at radius 1 is 1.03 bits per heavy atom. The van der Waals surface area contributed by atoms with Crippen LogP contribution in [0.5, 0.6) is 5.75 Å². The highest BCUT2D eigenvalue weighted by Gasteiger charge is 2.28. The van der Waals surface area contributed by atoms with E-state index in [1.165, 1.54) is 0 Å². The van der Waals surface area contributed by atoms with E-state index in [2.05, 4.69) is 15.2 Å². The molecule has 3 aromatic rings. The van der Waals surface area contributed by atoms with Gasteiger partial charge in [-0.25, -0.2) is 4.98 Å². The molecule has 2 aromatic carbocycles. The number of aliphatic hydroxyl groups excluding tert-OH is 1. The molecule has 9 nitrogen and oxygen atoms in total. The summed E-state index contributed by atoms with van der Waals surface area (Å²) in [5, 5.41) is 13.4. The number of aromatic nitrogens is 2. The molecule has 1 saturated heterocycles. The molecule has 35 heavy (non-hydrogen) atoms. The van der Waals surface area contributed by atoms with E-state index in [-0.39, 0.29) is 17.2 Å². The number of hydrogen-bond donors (Lipinski definition) is 2. The number of anilines is 1. The molecule has 5 rings (SSSR count). The van der Waals surface area contributed by atoms with Crippen molar-refractivity contribution < 1.29 is 24.1 Å². The van der Waals surface area contributed by atoms with Crippen molar-refractivity contribution in [3.63, 3.8) is 0 Å². The predicted molar refractivity (Wildman–Crippen MR) is 133 cm³/mol. The molecule has 184 valence electrons. The van der Waals surface area contributed by atoms with Gasteiger partial charge in [-0.1, -0.05) is 12.1 Å². The Balaban J connectivity index is 1.12. The smallest absolute Gasteiger partial charge is 0.262 e. The molecule has 3 heterocycles. The highest BCUT2D eigenvalue weighted by Crippen LogP contribution is 2.30. The Kier molecular flexibility index (Phi) is 7.27. The van der Waals surface area contributed by atoms with Crippen LogP contribution in [0.2, 0.25) is 0 Å². The lowest BCUT2D eigenvalue weighted by atomic mass is 10.1. The van der Waals surface area contributed by atoms with E-state index in [9.17, 15) is 9.90 Å². The fourth-order valence-electron chi connectivity index (χ4n) is 4.36. The number of ether oxygens (including phenoxy) is 3. The summed E-state index contributed by atoms with van der Waals surface area (Å²) in [6.07, 6.45) is 0.386. The maximum Gasteiger partial charge on any atom is 0.262 e. The largest absolute Gasteiger partial charge is 0.511 e. The zero-order valence-corrected chi connectivity index (χ0v) is 19.6. The van der Waals surface area contributed by atoms with Crippen molar-refractivity contribution in [2.45, 2.75) is 13.0 Å². The fourth-order valence-corrected chi connectivity index (χ4v) is 4.36. The van der Waals surface area contributed by atoms with Gasteiger partial charge in [0.15, 0.2) is 0 Å². The Bertz CT molecular complexity index is 1200. The molecule has 1 aromatic heterocycles. The van der Waals surface area contributed by atoms with Crippen molar-refractivity contribution >= 4 is 28.2 Å². The summed E-state index contributed by atoms with van der Waals surface area (Å²) in [4.78, 5) is 20.0. The van der Waals surface area contributed by atoms with Crippen LogP contribution in [-0.2, 0) is 20.8 Å². The molecule has 2 N–H and O–H groups in total. The average Bonchev–Trinajstić information content (AvgIpc) is 3.26. The number of fused-ring (bicyclic) bond motifs is 3.